The number of hydrogen-bond acceptors (Lipinski definition) is 5. The van der Waals surface area contributed by atoms with Crippen LogP contribution in [-0.2, 0) is 11.4 Å². The summed E-state index contributed by atoms with van der Waals surface area (Å²) in [4.78, 5) is 28.6. The van der Waals surface area contributed by atoms with Crippen LogP contribution in [0.1, 0.15) is 34.2 Å². The maximum absolute atomic E-state index is 12.2. The largest absolute Gasteiger partial charge is 0.486 e. The van der Waals surface area contributed by atoms with Crippen LogP contribution in [0.25, 0.3) is 0 Å². The zero-order valence-corrected chi connectivity index (χ0v) is 15.8. The molecule has 0 bridgehead atoms. The molecule has 0 atom stereocenters. The summed E-state index contributed by atoms with van der Waals surface area (Å²) in [5, 5.41) is 6.64. The second kappa shape index (κ2) is 8.82. The van der Waals surface area contributed by atoms with Gasteiger partial charge in [0.1, 0.15) is 22.2 Å². The number of nitrogens with zero attached hydrogens (tertiary/aromatic N) is 1. The molecule has 0 saturated heterocycles. The van der Waals surface area contributed by atoms with Crippen molar-refractivity contribution in [2.75, 3.05) is 6.54 Å². The van der Waals surface area contributed by atoms with Crippen LogP contribution in [-0.4, -0.2) is 29.4 Å². The van der Waals surface area contributed by atoms with E-state index >= 15 is 0 Å². The fraction of sp³-hybridized carbons (Fsp3) is 0.353. The predicted molar refractivity (Wildman–Crippen MR) is 98.2 cm³/mol. The maximum atomic E-state index is 12.2. The highest BCUT2D eigenvalue weighted by Crippen LogP contribution is 2.21. The number of aryl methyl sites for hydroxylation is 1. The molecule has 0 radical (unpaired) electrons. The molecule has 0 saturated carbocycles. The molecule has 6 nitrogen and oxygen atoms in total. The first-order valence-electron chi connectivity index (χ1n) is 7.77. The first-order chi connectivity index (χ1) is 11.8. The molecule has 1 aromatic carbocycles. The van der Waals surface area contributed by atoms with E-state index in [1.807, 2.05) is 13.8 Å². The van der Waals surface area contributed by atoms with Crippen LogP contribution in [0.3, 0.4) is 0 Å². The van der Waals surface area contributed by atoms with Gasteiger partial charge in [0.25, 0.3) is 5.91 Å². The minimum Gasteiger partial charge on any atom is -0.486 e. The predicted octanol–water partition coefficient (Wildman–Crippen LogP) is 2.94. The number of halogens is 1. The Morgan fingerprint density at radius 1 is 1.28 bits per heavy atom. The zero-order valence-electron chi connectivity index (χ0n) is 14.3. The van der Waals surface area contributed by atoms with Crippen LogP contribution in [0.15, 0.2) is 24.3 Å². The lowest BCUT2D eigenvalue weighted by Gasteiger charge is -2.08. The van der Waals surface area contributed by atoms with Crippen molar-refractivity contribution in [3.05, 3.63) is 44.9 Å². The molecule has 8 heteroatoms. The lowest BCUT2D eigenvalue weighted by Crippen LogP contribution is -2.39. The van der Waals surface area contributed by atoms with Gasteiger partial charge >= 0.3 is 0 Å². The SMILES string of the molecule is Cc1nc(COc2ccc(Cl)cc2)sc1C(=O)NCC(=O)NC(C)C. The zero-order chi connectivity index (χ0) is 18.4. The van der Waals surface area contributed by atoms with Gasteiger partial charge < -0.3 is 15.4 Å². The monoisotopic (exact) mass is 381 g/mol. The van der Waals surface area contributed by atoms with E-state index in [1.165, 1.54) is 11.3 Å². The Balaban J connectivity index is 1.91. The van der Waals surface area contributed by atoms with Crippen LogP contribution < -0.4 is 15.4 Å². The second-order valence-corrected chi connectivity index (χ2v) is 7.19. The number of thiazole rings is 1. The Bertz CT molecular complexity index is 744. The molecule has 0 aliphatic heterocycles. The van der Waals surface area contributed by atoms with E-state index in [-0.39, 0.29) is 31.0 Å². The van der Waals surface area contributed by atoms with Crippen LogP contribution in [0.2, 0.25) is 5.02 Å². The molecule has 0 spiro atoms. The van der Waals surface area contributed by atoms with Gasteiger partial charge in [0.2, 0.25) is 5.91 Å². The van der Waals surface area contributed by atoms with Crippen molar-refractivity contribution in [1.82, 2.24) is 15.6 Å². The third kappa shape index (κ3) is 6.03. The van der Waals surface area contributed by atoms with Gasteiger partial charge in [-0.1, -0.05) is 11.6 Å². The summed E-state index contributed by atoms with van der Waals surface area (Å²) in [5.74, 6) is 0.136. The molecule has 0 unspecified atom stereocenters. The smallest absolute Gasteiger partial charge is 0.263 e. The molecule has 134 valence electrons. The lowest BCUT2D eigenvalue weighted by molar-refractivity contribution is -0.120. The molecular formula is C17H20ClN3O3S. The number of rotatable bonds is 7. The molecule has 0 fully saturated rings. The van der Waals surface area contributed by atoms with Crippen LogP contribution in [0.4, 0.5) is 0 Å². The maximum Gasteiger partial charge on any atom is 0.263 e. The summed E-state index contributed by atoms with van der Waals surface area (Å²) in [6.07, 6.45) is 0. The molecule has 0 aliphatic carbocycles. The normalized spacial score (nSPS) is 10.6. The highest BCUT2D eigenvalue weighted by molar-refractivity contribution is 7.13. The van der Waals surface area contributed by atoms with Gasteiger partial charge in [-0.25, -0.2) is 4.98 Å². The van der Waals surface area contributed by atoms with E-state index in [2.05, 4.69) is 15.6 Å². The molecular weight excluding hydrogens is 362 g/mol. The molecule has 2 N–H and O–H groups in total. The molecule has 2 aromatic rings. The number of benzene rings is 1. The van der Waals surface area contributed by atoms with Gasteiger partial charge in [-0.15, -0.1) is 11.3 Å². The third-order valence-electron chi connectivity index (χ3n) is 3.08. The fourth-order valence-corrected chi connectivity index (χ4v) is 3.03. The Morgan fingerprint density at radius 3 is 2.60 bits per heavy atom. The molecule has 25 heavy (non-hydrogen) atoms. The van der Waals surface area contributed by atoms with E-state index in [4.69, 9.17) is 16.3 Å². The first-order valence-corrected chi connectivity index (χ1v) is 8.97. The molecule has 1 aromatic heterocycles. The number of carbonyl (C=O) groups excluding carboxylic acids is 2. The van der Waals surface area contributed by atoms with Gasteiger partial charge in [-0.2, -0.15) is 0 Å². The Kier molecular flexibility index (Phi) is 6.78. The Morgan fingerprint density at radius 2 is 1.96 bits per heavy atom. The number of ether oxygens (including phenoxy) is 1. The van der Waals surface area contributed by atoms with Crippen molar-refractivity contribution in [2.45, 2.75) is 33.4 Å². The summed E-state index contributed by atoms with van der Waals surface area (Å²) >= 11 is 7.08. The summed E-state index contributed by atoms with van der Waals surface area (Å²) in [5.41, 5.74) is 0.612. The quantitative estimate of drug-likeness (QED) is 0.772. The molecule has 2 amide bonds. The lowest BCUT2D eigenvalue weighted by atomic mass is 10.3. The van der Waals surface area contributed by atoms with Crippen molar-refractivity contribution < 1.29 is 14.3 Å². The van der Waals surface area contributed by atoms with Gasteiger partial charge in [0.15, 0.2) is 0 Å². The Labute approximate surface area is 155 Å². The van der Waals surface area contributed by atoms with E-state index in [0.717, 1.165) is 0 Å². The first kappa shape index (κ1) is 19.2. The van der Waals surface area contributed by atoms with Crippen LogP contribution in [0.5, 0.6) is 5.75 Å². The summed E-state index contributed by atoms with van der Waals surface area (Å²) < 4.78 is 5.63. The van der Waals surface area contributed by atoms with Crippen LogP contribution in [0, 0.1) is 6.92 Å². The van der Waals surface area contributed by atoms with E-state index < -0.39 is 0 Å². The van der Waals surface area contributed by atoms with Gasteiger partial charge in [0.05, 0.1) is 12.2 Å². The second-order valence-electron chi connectivity index (χ2n) is 5.67. The number of aromatic nitrogens is 1. The van der Waals surface area contributed by atoms with Gasteiger partial charge in [-0.05, 0) is 45.0 Å². The van der Waals surface area contributed by atoms with Crippen molar-refractivity contribution in [3.63, 3.8) is 0 Å². The summed E-state index contributed by atoms with van der Waals surface area (Å²) in [6, 6.07) is 7.05. The summed E-state index contributed by atoms with van der Waals surface area (Å²) in [7, 11) is 0. The molecule has 1 heterocycles. The van der Waals surface area contributed by atoms with Gasteiger partial charge in [0, 0.05) is 11.1 Å². The summed E-state index contributed by atoms with van der Waals surface area (Å²) in [6.45, 7) is 5.67. The van der Waals surface area contributed by atoms with E-state index in [9.17, 15) is 9.59 Å². The van der Waals surface area contributed by atoms with Crippen molar-refractivity contribution in [1.29, 1.82) is 0 Å². The Hall–Kier alpha value is -2.12. The van der Waals surface area contributed by atoms with Crippen molar-refractivity contribution >= 4 is 34.8 Å². The highest BCUT2D eigenvalue weighted by Gasteiger charge is 2.16. The average molecular weight is 382 g/mol. The fourth-order valence-electron chi connectivity index (χ4n) is 2.01. The van der Waals surface area contributed by atoms with Crippen LogP contribution >= 0.6 is 22.9 Å². The topological polar surface area (TPSA) is 80.3 Å². The van der Waals surface area contributed by atoms with Crippen molar-refractivity contribution in [2.24, 2.45) is 0 Å². The standard InChI is InChI=1S/C17H20ClN3O3S/c1-10(2)20-14(22)8-19-17(23)16-11(3)21-15(25-16)9-24-13-6-4-12(18)5-7-13/h4-7,10H,8-9H2,1-3H3,(H,19,23)(H,20,22). The minimum atomic E-state index is -0.313. The third-order valence-corrected chi connectivity index (χ3v) is 4.46. The minimum absolute atomic E-state index is 0.0335. The van der Waals surface area contributed by atoms with E-state index in [1.54, 1.807) is 31.2 Å². The molecule has 2 rings (SSSR count). The highest BCUT2D eigenvalue weighted by atomic mass is 35.5. The number of carbonyl (C=O) groups is 2. The van der Waals surface area contributed by atoms with Gasteiger partial charge in [-0.3, -0.25) is 9.59 Å². The average Bonchev–Trinajstić information content (AvgIpc) is 2.92. The molecule has 0 aliphatic rings. The number of hydrogen-bond donors (Lipinski definition) is 2. The van der Waals surface area contributed by atoms with E-state index in [0.29, 0.717) is 26.4 Å². The number of nitrogens with one attached hydrogen (secondary N) is 2. The van der Waals surface area contributed by atoms with Crippen molar-refractivity contribution in [3.8, 4) is 5.75 Å². The number of amides is 2.